The molecule has 8 aliphatic rings. The van der Waals surface area contributed by atoms with Crippen LogP contribution in [0.3, 0.4) is 0 Å². The molecule has 0 radical (unpaired) electrons. The molecule has 3 nitrogen and oxygen atoms in total. The van der Waals surface area contributed by atoms with Crippen LogP contribution in [0.1, 0.15) is 66.8 Å². The molecule has 109 heavy (non-hydrogen) atoms. The summed E-state index contributed by atoms with van der Waals surface area (Å²) in [5, 5.41) is 2.44. The first-order valence-electron chi connectivity index (χ1n) is 38.4. The molecule has 1 aromatic heterocycles. The molecule has 0 bridgehead atoms. The van der Waals surface area contributed by atoms with Crippen molar-refractivity contribution >= 4 is 79.0 Å². The van der Waals surface area contributed by atoms with Crippen LogP contribution < -0.4 is 26.2 Å². The van der Waals surface area contributed by atoms with E-state index in [2.05, 4.69) is 390 Å². The zero-order valence-electron chi connectivity index (χ0n) is 59.2. The number of aromatic nitrogens is 1. The average Bonchev–Trinajstić information content (AvgIpc) is 1.56. The van der Waals surface area contributed by atoms with Gasteiger partial charge in [-0.15, -0.1) is 0 Å². The summed E-state index contributed by atoms with van der Waals surface area (Å²) in [7, 11) is 0. The number of benzene rings is 17. The number of rotatable bonds is 4. The predicted molar refractivity (Wildman–Crippen MR) is 449 cm³/mol. The molecule has 26 rings (SSSR count). The number of fused-ring (bicyclic) bond motifs is 38. The maximum Gasteiger partial charge on any atom is 0.252 e. The van der Waals surface area contributed by atoms with Gasteiger partial charge in [0.2, 0.25) is 0 Å². The van der Waals surface area contributed by atoms with E-state index in [1.54, 1.807) is 0 Å². The van der Waals surface area contributed by atoms with Crippen LogP contribution in [0.15, 0.2) is 376 Å². The van der Waals surface area contributed by atoms with Gasteiger partial charge in [0.25, 0.3) is 6.71 Å². The van der Waals surface area contributed by atoms with Crippen molar-refractivity contribution < 1.29 is 0 Å². The Labute approximate surface area is 631 Å². The largest absolute Gasteiger partial charge is 0.311 e. The van der Waals surface area contributed by atoms with Gasteiger partial charge in [0.1, 0.15) is 0 Å². The molecule has 3 heterocycles. The van der Waals surface area contributed by atoms with Crippen molar-refractivity contribution in [3.63, 3.8) is 0 Å². The molecule has 500 valence electrons. The van der Waals surface area contributed by atoms with Gasteiger partial charge in [-0.2, -0.15) is 0 Å². The van der Waals surface area contributed by atoms with Crippen molar-refractivity contribution in [2.24, 2.45) is 0 Å². The van der Waals surface area contributed by atoms with E-state index in [-0.39, 0.29) is 6.71 Å². The lowest BCUT2D eigenvalue weighted by Crippen LogP contribution is -2.62. The molecular formula is C105H62BN3. The van der Waals surface area contributed by atoms with Crippen LogP contribution >= 0.6 is 0 Å². The van der Waals surface area contributed by atoms with Crippen molar-refractivity contribution in [3.05, 3.63) is 443 Å². The van der Waals surface area contributed by atoms with Crippen LogP contribution in [0.25, 0.3) is 105 Å². The third kappa shape index (κ3) is 6.92. The van der Waals surface area contributed by atoms with E-state index in [0.29, 0.717) is 0 Å². The standard InChI is InChI=1S/C105H62BN3/c1-2-27-63(28-3-1)64-53-58-95-92(59-64)106-91-57-56-78-74-36-11-22-47-87(74)105(85-45-20-9-33-71(85)72-34-10-21-46-86(72)105)100(78)102(91)109(96-52-26-49-89-99(96)79-39-12-23-48-88(79)103(89)80-40-15-4-29-67(80)68-30-5-16-41-81(68)103)98-62-66(108-93-50-24-13-37-76(93)77-38-14-25-51-94(77)108)61-97(101(98)106)107(95)65-54-55-75-73-35-8-19-44-84(73)104(90(75)60-65)82-42-17-6-31-69(82)70-32-7-18-43-83(70)104/h1-62H. The zero-order valence-corrected chi connectivity index (χ0v) is 59.2. The summed E-state index contributed by atoms with van der Waals surface area (Å²) >= 11 is 0. The summed E-state index contributed by atoms with van der Waals surface area (Å²) < 4.78 is 2.58. The minimum absolute atomic E-state index is 0.279. The van der Waals surface area contributed by atoms with Crippen LogP contribution in [-0.2, 0) is 16.2 Å². The smallest absolute Gasteiger partial charge is 0.252 e. The van der Waals surface area contributed by atoms with E-state index in [1.165, 1.54) is 177 Å². The van der Waals surface area contributed by atoms with Crippen molar-refractivity contribution in [1.29, 1.82) is 0 Å². The van der Waals surface area contributed by atoms with Crippen LogP contribution in [0.5, 0.6) is 0 Å². The number of hydrogen-bond acceptors (Lipinski definition) is 2. The molecule has 0 N–H and O–H groups in total. The van der Waals surface area contributed by atoms with Crippen LogP contribution in [-0.4, -0.2) is 11.3 Å². The molecule has 4 heteroatoms. The summed E-state index contributed by atoms with van der Waals surface area (Å²) in [6.07, 6.45) is 0. The molecule has 0 atom stereocenters. The lowest BCUT2D eigenvalue weighted by atomic mass is 9.33. The SMILES string of the molecule is c1ccc(-c2ccc3c(c2)B2c4ccc5c(c4N(c4cccc6c4-c4ccccc4C64c6ccccc6-c6ccccc64)c4cc(-n6c7ccccc7c7ccccc76)cc(c42)N3c2ccc3c(c2)C2(c4ccccc4-c4ccccc42)c2ccccc2-3)C2(c3ccccc3-c3ccccc32)c2ccccc2-5)cc1. The van der Waals surface area contributed by atoms with Gasteiger partial charge >= 0.3 is 0 Å². The fraction of sp³-hybridized carbons (Fsp3) is 0.0286. The third-order valence-electron chi connectivity index (χ3n) is 26.6. The van der Waals surface area contributed by atoms with Gasteiger partial charge in [0.15, 0.2) is 0 Å². The third-order valence-corrected chi connectivity index (χ3v) is 26.6. The molecule has 2 aliphatic heterocycles. The minimum Gasteiger partial charge on any atom is -0.311 e. The lowest BCUT2D eigenvalue weighted by molar-refractivity contribution is 0.791. The Hall–Kier alpha value is -13.8. The van der Waals surface area contributed by atoms with Crippen molar-refractivity contribution in [2.75, 3.05) is 9.80 Å². The van der Waals surface area contributed by atoms with E-state index in [1.807, 2.05) is 0 Å². The first-order chi connectivity index (χ1) is 54.1. The summed E-state index contributed by atoms with van der Waals surface area (Å²) in [5.74, 6) is 0. The van der Waals surface area contributed by atoms with Crippen LogP contribution in [0.4, 0.5) is 34.1 Å². The first-order valence-corrected chi connectivity index (χ1v) is 38.4. The lowest BCUT2D eigenvalue weighted by Gasteiger charge is -2.47. The Kier molecular flexibility index (Phi) is 11.2. The number of para-hydroxylation sites is 2. The number of anilines is 6. The Morgan fingerprint density at radius 3 is 1.15 bits per heavy atom. The van der Waals surface area contributed by atoms with E-state index in [4.69, 9.17) is 0 Å². The Morgan fingerprint density at radius 2 is 0.624 bits per heavy atom. The van der Waals surface area contributed by atoms with Gasteiger partial charge in [-0.1, -0.05) is 328 Å². The van der Waals surface area contributed by atoms with E-state index in [0.717, 1.165) is 45.2 Å². The molecule has 0 unspecified atom stereocenters. The molecule has 0 fully saturated rings. The van der Waals surface area contributed by atoms with Gasteiger partial charge in [-0.25, -0.2) is 0 Å². The van der Waals surface area contributed by atoms with Crippen molar-refractivity contribution in [2.45, 2.75) is 16.2 Å². The fourth-order valence-corrected chi connectivity index (χ4v) is 22.9. The highest BCUT2D eigenvalue weighted by atomic mass is 15.2. The molecule has 0 saturated carbocycles. The Bertz CT molecular complexity index is 6950. The summed E-state index contributed by atoms with van der Waals surface area (Å²) in [6, 6.07) is 146. The molecule has 17 aromatic carbocycles. The molecular weight excluding hydrogens is 1310 g/mol. The Morgan fingerprint density at radius 1 is 0.220 bits per heavy atom. The highest BCUT2D eigenvalue weighted by molar-refractivity contribution is 7.00. The fourth-order valence-electron chi connectivity index (χ4n) is 22.9. The summed E-state index contributed by atoms with van der Waals surface area (Å²) in [5.41, 5.74) is 45.6. The normalized spacial score (nSPS) is 15.0. The van der Waals surface area contributed by atoms with Gasteiger partial charge in [0, 0.05) is 50.3 Å². The second-order valence-electron chi connectivity index (χ2n) is 31.0. The predicted octanol–water partition coefficient (Wildman–Crippen LogP) is 23.6. The van der Waals surface area contributed by atoms with E-state index >= 15 is 0 Å². The first kappa shape index (κ1) is 58.5. The van der Waals surface area contributed by atoms with E-state index in [9.17, 15) is 0 Å². The van der Waals surface area contributed by atoms with Gasteiger partial charge < -0.3 is 14.4 Å². The molecule has 18 aromatic rings. The van der Waals surface area contributed by atoms with E-state index < -0.39 is 16.2 Å². The maximum atomic E-state index is 2.85. The molecule has 0 amide bonds. The quantitative estimate of drug-likeness (QED) is 0.163. The number of hydrogen-bond donors (Lipinski definition) is 0. The highest BCUT2D eigenvalue weighted by Gasteiger charge is 2.59. The minimum atomic E-state index is -0.737. The Balaban J connectivity index is 0.850. The van der Waals surface area contributed by atoms with Crippen LogP contribution in [0, 0.1) is 0 Å². The summed E-state index contributed by atoms with van der Waals surface area (Å²) in [4.78, 5) is 5.55. The molecule has 0 saturated heterocycles. The molecule has 3 spiro atoms. The number of nitrogens with zero attached hydrogens (tertiary/aromatic N) is 3. The zero-order chi connectivity index (χ0) is 70.7. The van der Waals surface area contributed by atoms with Crippen molar-refractivity contribution in [1.82, 2.24) is 4.57 Å². The maximum absolute atomic E-state index is 2.85. The van der Waals surface area contributed by atoms with Gasteiger partial charge in [-0.05, 0) is 198 Å². The van der Waals surface area contributed by atoms with Crippen molar-refractivity contribution in [3.8, 4) is 83.6 Å². The van der Waals surface area contributed by atoms with Crippen LogP contribution in [0.2, 0.25) is 0 Å². The highest BCUT2D eigenvalue weighted by Crippen LogP contribution is 2.70. The second-order valence-corrected chi connectivity index (χ2v) is 31.0. The second kappa shape index (κ2) is 20.8. The monoisotopic (exact) mass is 1380 g/mol. The topological polar surface area (TPSA) is 11.4 Å². The van der Waals surface area contributed by atoms with Gasteiger partial charge in [-0.3, -0.25) is 0 Å². The molecule has 6 aliphatic carbocycles. The summed E-state index contributed by atoms with van der Waals surface area (Å²) in [6.45, 7) is -0.279. The van der Waals surface area contributed by atoms with Gasteiger partial charge in [0.05, 0.1) is 38.7 Å². The average molecular weight is 1380 g/mol.